The lowest BCUT2D eigenvalue weighted by Crippen LogP contribution is -2.22. The largest absolute Gasteiger partial charge is 0.476 e. The van der Waals surface area contributed by atoms with Crippen molar-refractivity contribution in [3.63, 3.8) is 0 Å². The molecule has 0 fully saturated rings. The lowest BCUT2D eigenvalue weighted by Gasteiger charge is -2.12. The van der Waals surface area contributed by atoms with Crippen LogP contribution in [0, 0.1) is 0 Å². The van der Waals surface area contributed by atoms with Crippen LogP contribution >= 0.6 is 27.5 Å². The van der Waals surface area contributed by atoms with E-state index in [1.54, 1.807) is 36.4 Å². The maximum Gasteiger partial charge on any atom is 0.262 e. The van der Waals surface area contributed by atoms with Gasteiger partial charge in [0.2, 0.25) is 11.2 Å². The first-order valence-corrected chi connectivity index (χ1v) is 10.2. The molecule has 0 saturated heterocycles. The Morgan fingerprint density at radius 3 is 2.50 bits per heavy atom. The minimum absolute atomic E-state index is 0.0399. The molecule has 0 atom stereocenters. The first-order valence-electron chi connectivity index (χ1n) is 9.01. The van der Waals surface area contributed by atoms with E-state index < -0.39 is 11.3 Å². The number of amides is 1. The number of rotatable bonds is 5. The molecular formula is C23H15BrClNO4. The lowest BCUT2D eigenvalue weighted by atomic mass is 10.1. The predicted octanol–water partition coefficient (Wildman–Crippen LogP) is 5.89. The molecule has 7 heteroatoms. The van der Waals surface area contributed by atoms with Gasteiger partial charge in [0.05, 0.1) is 5.39 Å². The first-order chi connectivity index (χ1) is 14.5. The maximum atomic E-state index is 13.1. The SMILES string of the molecule is O=C(COc1c(-c2ccccc2)oc2ccc(Cl)cc2c1=O)Nc1ccc(Br)cc1. The molecule has 150 valence electrons. The van der Waals surface area contributed by atoms with Crippen LogP contribution in [0.25, 0.3) is 22.3 Å². The number of carbonyl (C=O) groups excluding carboxylic acids is 1. The van der Waals surface area contributed by atoms with Crippen LogP contribution in [-0.4, -0.2) is 12.5 Å². The highest BCUT2D eigenvalue weighted by molar-refractivity contribution is 9.10. The molecule has 1 heterocycles. The van der Waals surface area contributed by atoms with Gasteiger partial charge in [-0.25, -0.2) is 0 Å². The highest BCUT2D eigenvalue weighted by Crippen LogP contribution is 2.31. The second kappa shape index (κ2) is 8.73. The third kappa shape index (κ3) is 4.40. The van der Waals surface area contributed by atoms with Crippen LogP contribution in [0.3, 0.4) is 0 Å². The minimum Gasteiger partial charge on any atom is -0.476 e. The first kappa shape index (κ1) is 20.2. The fraction of sp³-hybridized carbons (Fsp3) is 0.0435. The summed E-state index contributed by atoms with van der Waals surface area (Å²) < 4.78 is 12.5. The molecule has 1 amide bonds. The molecular weight excluding hydrogens is 470 g/mol. The standard InChI is InChI=1S/C23H15BrClNO4/c24-15-6-9-17(10-7-15)26-20(27)13-29-23-21(28)18-12-16(25)8-11-19(18)30-22(23)14-4-2-1-3-5-14/h1-12H,13H2,(H,26,27). The van der Waals surface area contributed by atoms with Crippen LogP contribution in [0.5, 0.6) is 5.75 Å². The van der Waals surface area contributed by atoms with E-state index >= 15 is 0 Å². The van der Waals surface area contributed by atoms with Crippen LogP contribution in [0.15, 0.2) is 86.5 Å². The number of anilines is 1. The van der Waals surface area contributed by atoms with E-state index in [2.05, 4.69) is 21.2 Å². The Morgan fingerprint density at radius 2 is 1.77 bits per heavy atom. The van der Waals surface area contributed by atoms with Gasteiger partial charge >= 0.3 is 0 Å². The molecule has 0 radical (unpaired) electrons. The number of benzene rings is 3. The van der Waals surface area contributed by atoms with Crippen molar-refractivity contribution < 1.29 is 13.9 Å². The van der Waals surface area contributed by atoms with Crippen molar-refractivity contribution in [3.05, 3.63) is 92.5 Å². The highest BCUT2D eigenvalue weighted by atomic mass is 79.9. The number of hydrogen-bond donors (Lipinski definition) is 1. The van der Waals surface area contributed by atoms with E-state index in [-0.39, 0.29) is 23.5 Å². The van der Waals surface area contributed by atoms with Gasteiger partial charge in [-0.2, -0.15) is 0 Å². The Kier molecular flexibility index (Phi) is 5.88. The normalized spacial score (nSPS) is 10.7. The van der Waals surface area contributed by atoms with Crippen LogP contribution < -0.4 is 15.5 Å². The molecule has 0 saturated carbocycles. The predicted molar refractivity (Wildman–Crippen MR) is 121 cm³/mol. The Labute approximate surface area is 185 Å². The molecule has 0 bridgehead atoms. The molecule has 0 aliphatic rings. The molecule has 4 rings (SSSR count). The third-order valence-electron chi connectivity index (χ3n) is 4.32. The molecule has 0 spiro atoms. The second-order valence-electron chi connectivity index (χ2n) is 6.44. The van der Waals surface area contributed by atoms with Crippen molar-refractivity contribution in [3.8, 4) is 17.1 Å². The second-order valence-corrected chi connectivity index (χ2v) is 7.79. The Bertz CT molecular complexity index is 1270. The number of hydrogen-bond acceptors (Lipinski definition) is 4. The fourth-order valence-corrected chi connectivity index (χ4v) is 3.37. The van der Waals surface area contributed by atoms with Crippen molar-refractivity contribution >= 4 is 50.1 Å². The molecule has 5 nitrogen and oxygen atoms in total. The summed E-state index contributed by atoms with van der Waals surface area (Å²) in [5.74, 6) is -0.185. The Hall–Kier alpha value is -3.09. The summed E-state index contributed by atoms with van der Waals surface area (Å²) in [7, 11) is 0. The van der Waals surface area contributed by atoms with Crippen molar-refractivity contribution in [1.29, 1.82) is 0 Å². The van der Waals surface area contributed by atoms with Crippen molar-refractivity contribution in [2.45, 2.75) is 0 Å². The van der Waals surface area contributed by atoms with E-state index in [9.17, 15) is 9.59 Å². The average Bonchev–Trinajstić information content (AvgIpc) is 2.75. The van der Waals surface area contributed by atoms with Crippen LogP contribution in [-0.2, 0) is 4.79 Å². The number of carbonyl (C=O) groups is 1. The molecule has 0 aliphatic heterocycles. The van der Waals surface area contributed by atoms with Gasteiger partial charge in [-0.05, 0) is 42.5 Å². The topological polar surface area (TPSA) is 68.5 Å². The summed E-state index contributed by atoms with van der Waals surface area (Å²) in [6.07, 6.45) is 0. The Morgan fingerprint density at radius 1 is 1.03 bits per heavy atom. The smallest absolute Gasteiger partial charge is 0.262 e. The number of halogens is 2. The summed E-state index contributed by atoms with van der Waals surface area (Å²) in [5.41, 5.74) is 1.27. The molecule has 0 aliphatic carbocycles. The third-order valence-corrected chi connectivity index (χ3v) is 5.09. The number of nitrogens with one attached hydrogen (secondary N) is 1. The van der Waals surface area contributed by atoms with Gasteiger partial charge in [0, 0.05) is 20.7 Å². The summed E-state index contributed by atoms with van der Waals surface area (Å²) >= 11 is 9.38. The molecule has 1 N–H and O–H groups in total. The maximum absolute atomic E-state index is 13.1. The van der Waals surface area contributed by atoms with E-state index in [1.807, 2.05) is 30.3 Å². The minimum atomic E-state index is -0.401. The number of fused-ring (bicyclic) bond motifs is 1. The van der Waals surface area contributed by atoms with Gasteiger partial charge in [0.15, 0.2) is 12.4 Å². The van der Waals surface area contributed by atoms with Gasteiger partial charge in [0.25, 0.3) is 5.91 Å². The summed E-state index contributed by atoms with van der Waals surface area (Å²) in [6.45, 7) is -0.354. The summed E-state index contributed by atoms with van der Waals surface area (Å²) in [5, 5.41) is 3.41. The average molecular weight is 485 g/mol. The zero-order chi connectivity index (χ0) is 21.1. The van der Waals surface area contributed by atoms with Crippen LogP contribution in [0.4, 0.5) is 5.69 Å². The molecule has 1 aromatic heterocycles. The van der Waals surface area contributed by atoms with E-state index in [1.165, 1.54) is 6.07 Å². The van der Waals surface area contributed by atoms with Crippen molar-refractivity contribution in [2.75, 3.05) is 11.9 Å². The van der Waals surface area contributed by atoms with E-state index in [0.717, 1.165) is 4.47 Å². The van der Waals surface area contributed by atoms with Gasteiger partial charge in [0.1, 0.15) is 5.58 Å². The van der Waals surface area contributed by atoms with Gasteiger partial charge < -0.3 is 14.5 Å². The lowest BCUT2D eigenvalue weighted by molar-refractivity contribution is -0.118. The van der Waals surface area contributed by atoms with E-state index in [4.69, 9.17) is 20.8 Å². The summed E-state index contributed by atoms with van der Waals surface area (Å²) in [4.78, 5) is 25.4. The van der Waals surface area contributed by atoms with Crippen LogP contribution in [0.2, 0.25) is 5.02 Å². The van der Waals surface area contributed by atoms with E-state index in [0.29, 0.717) is 21.9 Å². The summed E-state index contributed by atoms with van der Waals surface area (Å²) in [6, 6.07) is 21.0. The molecule has 4 aromatic rings. The van der Waals surface area contributed by atoms with Gasteiger partial charge in [-0.1, -0.05) is 57.9 Å². The zero-order valence-corrected chi connectivity index (χ0v) is 17.9. The Balaban J connectivity index is 1.67. The van der Waals surface area contributed by atoms with Gasteiger partial charge in [-0.15, -0.1) is 0 Å². The quantitative estimate of drug-likeness (QED) is 0.383. The fourth-order valence-electron chi connectivity index (χ4n) is 2.93. The molecule has 0 unspecified atom stereocenters. The molecule has 30 heavy (non-hydrogen) atoms. The van der Waals surface area contributed by atoms with Crippen molar-refractivity contribution in [1.82, 2.24) is 0 Å². The van der Waals surface area contributed by atoms with Gasteiger partial charge in [-0.3, -0.25) is 9.59 Å². The molecule has 3 aromatic carbocycles. The number of ether oxygens (including phenoxy) is 1. The van der Waals surface area contributed by atoms with Crippen LogP contribution in [0.1, 0.15) is 0 Å². The monoisotopic (exact) mass is 483 g/mol. The zero-order valence-electron chi connectivity index (χ0n) is 15.5. The van der Waals surface area contributed by atoms with Crippen molar-refractivity contribution in [2.24, 2.45) is 0 Å². The highest BCUT2D eigenvalue weighted by Gasteiger charge is 2.19.